The molecule has 0 aliphatic rings. The van der Waals surface area contributed by atoms with Gasteiger partial charge in [-0.2, -0.15) is 8.42 Å². The van der Waals surface area contributed by atoms with Gasteiger partial charge in [0.15, 0.2) is 5.78 Å². The molecule has 4 nitrogen and oxygen atoms in total. The Kier molecular flexibility index (Phi) is 7.48. The van der Waals surface area contributed by atoms with Gasteiger partial charge in [0, 0.05) is 15.4 Å². The topological polar surface area (TPSA) is 60.4 Å². The van der Waals surface area contributed by atoms with Crippen molar-refractivity contribution in [2.75, 3.05) is 11.5 Å². The smallest absolute Gasteiger partial charge is 0.277 e. The standard InChI is InChI=1S/C24H26O4S2/c1-2-3-19-30(26,27)28-29(22-15-9-5-10-16-22,23-17-11-6-12-18-23)20-24(25)21-13-7-4-8-14-21/h4-18H,2-3,19-20H2,1H3. The Morgan fingerprint density at radius 1 is 0.767 bits per heavy atom. The first-order valence-corrected chi connectivity index (χ1v) is 13.2. The Bertz CT molecular complexity index is 1010. The van der Waals surface area contributed by atoms with Crippen molar-refractivity contribution in [3.8, 4) is 0 Å². The number of unbranched alkanes of at least 4 members (excludes halogenated alkanes) is 1. The molecule has 0 spiro atoms. The molecule has 0 amide bonds. The third-order valence-corrected chi connectivity index (χ3v) is 9.93. The fraction of sp³-hybridized carbons (Fsp3) is 0.208. The molecular weight excluding hydrogens is 416 g/mol. The first-order valence-electron chi connectivity index (χ1n) is 9.90. The van der Waals surface area contributed by atoms with Gasteiger partial charge in [-0.05, 0) is 30.7 Å². The third-order valence-electron chi connectivity index (χ3n) is 4.65. The number of ketones is 1. The summed E-state index contributed by atoms with van der Waals surface area (Å²) in [5.74, 6) is -0.266. The molecule has 0 N–H and O–H groups in total. The quantitative estimate of drug-likeness (QED) is 0.369. The minimum Gasteiger partial charge on any atom is -0.293 e. The molecule has 0 radical (unpaired) electrons. The fourth-order valence-electron chi connectivity index (χ4n) is 3.11. The second kappa shape index (κ2) is 10.1. The van der Waals surface area contributed by atoms with Gasteiger partial charge in [-0.1, -0.05) is 90.4 Å². The molecule has 0 heterocycles. The largest absolute Gasteiger partial charge is 0.293 e. The number of carbonyl (C=O) groups excluding carboxylic acids is 1. The lowest BCUT2D eigenvalue weighted by molar-refractivity contribution is 0.102. The van der Waals surface area contributed by atoms with Crippen molar-refractivity contribution < 1.29 is 16.8 Å². The lowest BCUT2D eigenvalue weighted by Gasteiger charge is -2.38. The normalized spacial score (nSPS) is 12.4. The van der Waals surface area contributed by atoms with Crippen LogP contribution < -0.4 is 0 Å². The molecule has 0 fully saturated rings. The van der Waals surface area contributed by atoms with Crippen LogP contribution in [0, 0.1) is 0 Å². The SMILES string of the molecule is CCCCS(=O)(=O)OS(CC(=O)c1ccccc1)(c1ccccc1)c1ccccc1. The summed E-state index contributed by atoms with van der Waals surface area (Å²) < 4.78 is 31.9. The molecule has 0 unspecified atom stereocenters. The van der Waals surface area contributed by atoms with Crippen molar-refractivity contribution in [1.82, 2.24) is 0 Å². The summed E-state index contributed by atoms with van der Waals surface area (Å²) in [6, 6.07) is 27.4. The molecule has 0 aliphatic carbocycles. The van der Waals surface area contributed by atoms with Crippen molar-refractivity contribution >= 4 is 26.2 Å². The first kappa shape index (κ1) is 22.3. The number of hydrogen-bond donors (Lipinski definition) is 0. The van der Waals surface area contributed by atoms with Crippen molar-refractivity contribution in [2.45, 2.75) is 29.6 Å². The number of carbonyl (C=O) groups is 1. The molecule has 0 aromatic heterocycles. The van der Waals surface area contributed by atoms with Crippen LogP contribution in [-0.4, -0.2) is 25.7 Å². The van der Waals surface area contributed by atoms with E-state index in [-0.39, 0.29) is 17.3 Å². The molecule has 158 valence electrons. The Morgan fingerprint density at radius 3 is 1.70 bits per heavy atom. The summed E-state index contributed by atoms with van der Waals surface area (Å²) in [6.07, 6.45) is 1.25. The summed E-state index contributed by atoms with van der Waals surface area (Å²) in [7, 11) is -6.47. The van der Waals surface area contributed by atoms with E-state index in [0.717, 1.165) is 6.42 Å². The second-order valence-electron chi connectivity index (χ2n) is 6.92. The van der Waals surface area contributed by atoms with E-state index in [1.165, 1.54) is 0 Å². The van der Waals surface area contributed by atoms with Crippen molar-refractivity contribution in [3.63, 3.8) is 0 Å². The lowest BCUT2D eigenvalue weighted by Crippen LogP contribution is -2.22. The zero-order valence-electron chi connectivity index (χ0n) is 16.9. The molecule has 0 saturated heterocycles. The van der Waals surface area contributed by atoms with E-state index in [9.17, 15) is 13.2 Å². The van der Waals surface area contributed by atoms with Crippen LogP contribution in [0.4, 0.5) is 0 Å². The highest BCUT2D eigenvalue weighted by Gasteiger charge is 2.37. The van der Waals surface area contributed by atoms with Crippen LogP contribution in [0.3, 0.4) is 0 Å². The van der Waals surface area contributed by atoms with Crippen LogP contribution >= 0.6 is 10.3 Å². The molecule has 30 heavy (non-hydrogen) atoms. The van der Waals surface area contributed by atoms with E-state index in [1.807, 2.05) is 73.7 Å². The van der Waals surface area contributed by atoms with Crippen molar-refractivity contribution in [3.05, 3.63) is 96.6 Å². The molecule has 0 bridgehead atoms. The van der Waals surface area contributed by atoms with Crippen LogP contribution in [0.5, 0.6) is 0 Å². The first-order chi connectivity index (χ1) is 14.5. The van der Waals surface area contributed by atoms with Crippen molar-refractivity contribution in [2.24, 2.45) is 0 Å². The van der Waals surface area contributed by atoms with E-state index in [0.29, 0.717) is 21.8 Å². The summed E-state index contributed by atoms with van der Waals surface area (Å²) in [5, 5.41) is 0. The summed E-state index contributed by atoms with van der Waals surface area (Å²) in [5.41, 5.74) is 0.538. The van der Waals surface area contributed by atoms with Gasteiger partial charge in [0.05, 0.1) is 11.5 Å². The van der Waals surface area contributed by atoms with E-state index in [2.05, 4.69) is 0 Å². The molecule has 0 saturated carbocycles. The van der Waals surface area contributed by atoms with Gasteiger partial charge in [-0.15, -0.1) is 0 Å². The third kappa shape index (κ3) is 5.39. The van der Waals surface area contributed by atoms with Gasteiger partial charge < -0.3 is 0 Å². The van der Waals surface area contributed by atoms with Gasteiger partial charge >= 0.3 is 0 Å². The van der Waals surface area contributed by atoms with Gasteiger partial charge in [-0.3, -0.25) is 4.79 Å². The van der Waals surface area contributed by atoms with Gasteiger partial charge in [0.25, 0.3) is 10.1 Å². The van der Waals surface area contributed by atoms with Crippen LogP contribution in [-0.2, 0) is 13.7 Å². The zero-order valence-corrected chi connectivity index (χ0v) is 18.6. The number of Topliss-reactive ketones (excluding diaryl/α,β-unsaturated/α-hetero) is 1. The maximum atomic E-state index is 13.3. The molecule has 3 rings (SSSR count). The second-order valence-corrected chi connectivity index (χ2v) is 11.6. The zero-order chi connectivity index (χ0) is 21.5. The molecule has 6 heteroatoms. The molecule has 0 atom stereocenters. The average Bonchev–Trinajstić information content (AvgIpc) is 2.79. The average molecular weight is 443 g/mol. The minimum atomic E-state index is -3.84. The van der Waals surface area contributed by atoms with Crippen LogP contribution in [0.2, 0.25) is 0 Å². The maximum absolute atomic E-state index is 13.3. The van der Waals surface area contributed by atoms with E-state index >= 15 is 0 Å². The van der Waals surface area contributed by atoms with Gasteiger partial charge in [0.1, 0.15) is 0 Å². The Morgan fingerprint density at radius 2 is 1.23 bits per heavy atom. The van der Waals surface area contributed by atoms with Gasteiger partial charge in [0.2, 0.25) is 0 Å². The summed E-state index contributed by atoms with van der Waals surface area (Å²) >= 11 is 0. The van der Waals surface area contributed by atoms with E-state index in [4.69, 9.17) is 3.63 Å². The minimum absolute atomic E-state index is 0.0452. The van der Waals surface area contributed by atoms with E-state index < -0.39 is 20.4 Å². The lowest BCUT2D eigenvalue weighted by atomic mass is 10.2. The number of rotatable bonds is 10. The predicted molar refractivity (Wildman–Crippen MR) is 122 cm³/mol. The monoisotopic (exact) mass is 442 g/mol. The van der Waals surface area contributed by atoms with E-state index in [1.54, 1.807) is 24.3 Å². The highest BCUT2D eigenvalue weighted by Crippen LogP contribution is 2.64. The van der Waals surface area contributed by atoms with Gasteiger partial charge in [-0.25, -0.2) is 3.63 Å². The Labute approximate surface area is 180 Å². The van der Waals surface area contributed by atoms with Crippen molar-refractivity contribution in [1.29, 1.82) is 0 Å². The van der Waals surface area contributed by atoms with Crippen LogP contribution in [0.25, 0.3) is 0 Å². The van der Waals surface area contributed by atoms with Crippen LogP contribution in [0.1, 0.15) is 30.1 Å². The summed E-state index contributed by atoms with van der Waals surface area (Å²) in [6.45, 7) is 1.93. The molecule has 3 aromatic carbocycles. The highest BCUT2D eigenvalue weighted by atomic mass is 32.3. The molecular formula is C24H26O4S2. The molecule has 0 aliphatic heterocycles. The Balaban J connectivity index is 2.15. The molecule has 3 aromatic rings. The maximum Gasteiger partial charge on any atom is 0.277 e. The van der Waals surface area contributed by atoms with Crippen LogP contribution in [0.15, 0.2) is 101 Å². The fourth-order valence-corrected chi connectivity index (χ4v) is 8.60. The predicted octanol–water partition coefficient (Wildman–Crippen LogP) is 5.85. The number of hydrogen-bond acceptors (Lipinski definition) is 4. The Hall–Kier alpha value is -2.41. The highest BCUT2D eigenvalue weighted by molar-refractivity contribution is 8.33. The number of benzene rings is 3. The summed E-state index contributed by atoms with van der Waals surface area (Å²) in [4.78, 5) is 14.7.